The predicted octanol–water partition coefficient (Wildman–Crippen LogP) is 2.96. The normalized spacial score (nSPS) is 19.4. The number of carbonyl (C=O) groups is 1. The Kier molecular flexibility index (Phi) is 5.81. The van der Waals surface area contributed by atoms with E-state index in [0.717, 1.165) is 31.6 Å². The lowest BCUT2D eigenvalue weighted by molar-refractivity contribution is 0.0129. The summed E-state index contributed by atoms with van der Waals surface area (Å²) in [5.41, 5.74) is 0.411. The van der Waals surface area contributed by atoms with Crippen molar-refractivity contribution in [1.82, 2.24) is 20.0 Å². The molecule has 0 spiro atoms. The summed E-state index contributed by atoms with van der Waals surface area (Å²) >= 11 is 5.76. The van der Waals surface area contributed by atoms with E-state index < -0.39 is 5.60 Å². The minimum atomic E-state index is -0.474. The molecule has 1 aromatic heterocycles. The van der Waals surface area contributed by atoms with Gasteiger partial charge < -0.3 is 9.64 Å². The number of piperidine rings is 1. The maximum Gasteiger partial charge on any atom is 0.410 e. The van der Waals surface area contributed by atoms with Crippen LogP contribution in [0.3, 0.4) is 0 Å². The molecule has 1 saturated heterocycles. The van der Waals surface area contributed by atoms with Crippen molar-refractivity contribution in [3.8, 4) is 0 Å². The Morgan fingerprint density at radius 2 is 2.17 bits per heavy atom. The first-order valence-corrected chi connectivity index (χ1v) is 8.28. The van der Waals surface area contributed by atoms with Gasteiger partial charge >= 0.3 is 6.09 Å². The summed E-state index contributed by atoms with van der Waals surface area (Å²) in [6.07, 6.45) is 1.76. The summed E-state index contributed by atoms with van der Waals surface area (Å²) in [5.74, 6) is 0. The molecular formula is C16H25ClN4O2. The highest BCUT2D eigenvalue weighted by molar-refractivity contribution is 6.29. The Morgan fingerprint density at radius 1 is 1.43 bits per heavy atom. The van der Waals surface area contributed by atoms with E-state index in [1.807, 2.05) is 33.9 Å². The first-order valence-electron chi connectivity index (χ1n) is 7.91. The van der Waals surface area contributed by atoms with E-state index >= 15 is 0 Å². The lowest BCUT2D eigenvalue weighted by Crippen LogP contribution is -2.49. The number of ether oxygens (including phenoxy) is 1. The molecule has 1 aliphatic heterocycles. The first-order chi connectivity index (χ1) is 10.7. The van der Waals surface area contributed by atoms with Crippen LogP contribution in [0.2, 0.25) is 5.15 Å². The Balaban J connectivity index is 1.92. The molecule has 0 aliphatic carbocycles. The van der Waals surface area contributed by atoms with E-state index in [4.69, 9.17) is 16.3 Å². The van der Waals surface area contributed by atoms with Crippen LogP contribution in [0.15, 0.2) is 12.1 Å². The highest BCUT2D eigenvalue weighted by Crippen LogP contribution is 2.19. The number of halogens is 1. The number of aromatic nitrogens is 2. The van der Waals surface area contributed by atoms with Gasteiger partial charge in [-0.05, 0) is 52.3 Å². The Hall–Kier alpha value is -1.40. The van der Waals surface area contributed by atoms with Crippen LogP contribution >= 0.6 is 11.6 Å². The predicted molar refractivity (Wildman–Crippen MR) is 89.3 cm³/mol. The largest absolute Gasteiger partial charge is 0.444 e. The molecule has 7 heteroatoms. The number of amides is 1. The maximum absolute atomic E-state index is 12.2. The third kappa shape index (κ3) is 5.62. The van der Waals surface area contributed by atoms with Crippen LogP contribution in [-0.4, -0.2) is 57.9 Å². The molecule has 0 N–H and O–H groups in total. The molecule has 23 heavy (non-hydrogen) atoms. The molecule has 1 aromatic rings. The third-order valence-electron chi connectivity index (χ3n) is 3.78. The van der Waals surface area contributed by atoms with Crippen molar-refractivity contribution >= 4 is 17.7 Å². The minimum absolute atomic E-state index is 0.152. The fourth-order valence-electron chi connectivity index (χ4n) is 2.63. The van der Waals surface area contributed by atoms with Gasteiger partial charge in [0, 0.05) is 26.2 Å². The summed E-state index contributed by atoms with van der Waals surface area (Å²) in [6.45, 7) is 8.15. The van der Waals surface area contributed by atoms with Gasteiger partial charge in [0.15, 0.2) is 5.15 Å². The molecule has 2 heterocycles. The summed E-state index contributed by atoms with van der Waals surface area (Å²) in [4.78, 5) is 16.2. The van der Waals surface area contributed by atoms with Gasteiger partial charge in [-0.2, -0.15) is 5.10 Å². The van der Waals surface area contributed by atoms with Crippen LogP contribution in [0, 0.1) is 0 Å². The molecule has 1 aliphatic rings. The van der Waals surface area contributed by atoms with Crippen molar-refractivity contribution in [2.75, 3.05) is 20.1 Å². The van der Waals surface area contributed by atoms with Crippen LogP contribution in [0.1, 0.15) is 39.3 Å². The standard InChI is InChI=1S/C16H25ClN4O2/c1-16(2,3)23-15(22)20(4)13-6-5-9-21(11-13)10-12-7-8-14(17)19-18-12/h7-8,13H,5-6,9-11H2,1-4H3/t13-/m1/s1. The average molecular weight is 341 g/mol. The van der Waals surface area contributed by atoms with Crippen LogP contribution in [0.4, 0.5) is 4.79 Å². The molecule has 0 unspecified atom stereocenters. The average Bonchev–Trinajstić information content (AvgIpc) is 2.47. The molecule has 0 aromatic carbocycles. The van der Waals surface area contributed by atoms with Crippen LogP contribution in [0.25, 0.3) is 0 Å². The van der Waals surface area contributed by atoms with Crippen molar-refractivity contribution in [1.29, 1.82) is 0 Å². The number of hydrogen-bond donors (Lipinski definition) is 0. The number of likely N-dealkylation sites (N-methyl/N-ethyl adjacent to an activating group) is 1. The SMILES string of the molecule is CN(C(=O)OC(C)(C)C)[C@@H]1CCCN(Cc2ccc(Cl)nn2)C1. The minimum Gasteiger partial charge on any atom is -0.444 e. The molecule has 1 atom stereocenters. The number of rotatable bonds is 3. The molecule has 0 saturated carbocycles. The number of nitrogens with zero attached hydrogens (tertiary/aromatic N) is 4. The Labute approximate surface area is 142 Å². The molecule has 6 nitrogen and oxygen atoms in total. The van der Waals surface area contributed by atoms with Gasteiger partial charge in [-0.3, -0.25) is 4.90 Å². The summed E-state index contributed by atoms with van der Waals surface area (Å²) in [6, 6.07) is 3.79. The topological polar surface area (TPSA) is 58.6 Å². The second-order valence-electron chi connectivity index (χ2n) is 6.97. The second kappa shape index (κ2) is 7.45. The van der Waals surface area contributed by atoms with E-state index in [1.54, 1.807) is 11.0 Å². The number of carbonyl (C=O) groups excluding carboxylic acids is 1. The van der Waals surface area contributed by atoms with Crippen molar-refractivity contribution in [2.24, 2.45) is 0 Å². The van der Waals surface area contributed by atoms with Crippen molar-refractivity contribution in [3.05, 3.63) is 23.0 Å². The molecule has 0 radical (unpaired) electrons. The maximum atomic E-state index is 12.2. The molecule has 1 fully saturated rings. The van der Waals surface area contributed by atoms with E-state index in [2.05, 4.69) is 15.1 Å². The number of hydrogen-bond acceptors (Lipinski definition) is 5. The summed E-state index contributed by atoms with van der Waals surface area (Å²) in [5, 5.41) is 8.37. The van der Waals surface area contributed by atoms with Crippen molar-refractivity contribution < 1.29 is 9.53 Å². The van der Waals surface area contributed by atoms with E-state index in [9.17, 15) is 4.79 Å². The van der Waals surface area contributed by atoms with Crippen molar-refractivity contribution in [3.63, 3.8) is 0 Å². The highest BCUT2D eigenvalue weighted by Gasteiger charge is 2.29. The lowest BCUT2D eigenvalue weighted by atomic mass is 10.0. The molecule has 1 amide bonds. The summed E-state index contributed by atoms with van der Waals surface area (Å²) < 4.78 is 5.45. The number of likely N-dealkylation sites (tertiary alicyclic amines) is 1. The van der Waals surface area contributed by atoms with Crippen molar-refractivity contribution in [2.45, 2.75) is 51.8 Å². The van der Waals surface area contributed by atoms with Gasteiger partial charge in [0.25, 0.3) is 0 Å². The molecular weight excluding hydrogens is 316 g/mol. The van der Waals surface area contributed by atoms with Gasteiger partial charge in [0.2, 0.25) is 0 Å². The van der Waals surface area contributed by atoms with Crippen LogP contribution < -0.4 is 0 Å². The Bertz CT molecular complexity index is 530. The fourth-order valence-corrected chi connectivity index (χ4v) is 2.73. The van der Waals surface area contributed by atoms with Gasteiger partial charge in [-0.25, -0.2) is 4.79 Å². The van der Waals surface area contributed by atoms with Gasteiger partial charge in [0.05, 0.1) is 5.69 Å². The molecule has 128 valence electrons. The van der Waals surface area contributed by atoms with Crippen LogP contribution in [0.5, 0.6) is 0 Å². The van der Waals surface area contributed by atoms with Gasteiger partial charge in [0.1, 0.15) is 5.60 Å². The zero-order chi connectivity index (χ0) is 17.0. The summed E-state index contributed by atoms with van der Waals surface area (Å²) in [7, 11) is 1.81. The first kappa shape index (κ1) is 17.9. The molecule has 2 rings (SSSR count). The van der Waals surface area contributed by atoms with Crippen LogP contribution in [-0.2, 0) is 11.3 Å². The van der Waals surface area contributed by atoms with E-state index in [-0.39, 0.29) is 12.1 Å². The fraction of sp³-hybridized carbons (Fsp3) is 0.688. The smallest absolute Gasteiger partial charge is 0.410 e. The monoisotopic (exact) mass is 340 g/mol. The lowest BCUT2D eigenvalue weighted by Gasteiger charge is -2.37. The second-order valence-corrected chi connectivity index (χ2v) is 7.36. The zero-order valence-corrected chi connectivity index (χ0v) is 15.0. The highest BCUT2D eigenvalue weighted by atomic mass is 35.5. The van der Waals surface area contributed by atoms with E-state index in [1.165, 1.54) is 0 Å². The van der Waals surface area contributed by atoms with Gasteiger partial charge in [-0.15, -0.1) is 5.10 Å². The van der Waals surface area contributed by atoms with E-state index in [0.29, 0.717) is 11.7 Å². The quantitative estimate of drug-likeness (QED) is 0.846. The third-order valence-corrected chi connectivity index (χ3v) is 3.98. The Morgan fingerprint density at radius 3 is 2.78 bits per heavy atom. The van der Waals surface area contributed by atoms with Gasteiger partial charge in [-0.1, -0.05) is 11.6 Å². The zero-order valence-electron chi connectivity index (χ0n) is 14.3. The molecule has 0 bridgehead atoms.